The standard InChI is InChI=1S/C60H37N3/c1-2-12-44(13-3-1)61-54-18-8-4-14-46(54)50-32-28-41(36-58(50)61)38-22-24-39(25-23-38)42-29-33-51-47-15-5-9-19-55(47)62(59(51)37-42)45-30-26-40(27-31-45)43-34-52-48-16-6-10-20-56(48)63-57-21-11-7-17-49(57)53(35-43)60(52)63/h1-37H. The number of hydrogen-bond acceptors (Lipinski definition) is 0. The van der Waals surface area contributed by atoms with Gasteiger partial charge in [-0.2, -0.15) is 0 Å². The fraction of sp³-hybridized carbons (Fsp3) is 0. The van der Waals surface area contributed by atoms with Gasteiger partial charge in [-0.3, -0.25) is 0 Å². The zero-order chi connectivity index (χ0) is 41.2. The van der Waals surface area contributed by atoms with Crippen molar-refractivity contribution in [2.45, 2.75) is 0 Å². The van der Waals surface area contributed by atoms with Gasteiger partial charge in [0.15, 0.2) is 0 Å². The molecule has 0 spiro atoms. The molecule has 0 N–H and O–H groups in total. The van der Waals surface area contributed by atoms with E-state index in [9.17, 15) is 0 Å². The van der Waals surface area contributed by atoms with Crippen LogP contribution in [0, 0.1) is 0 Å². The van der Waals surface area contributed by atoms with E-state index in [2.05, 4.69) is 238 Å². The average Bonchev–Trinajstić information content (AvgIpc) is 4.08. The Morgan fingerprint density at radius 3 is 1.05 bits per heavy atom. The van der Waals surface area contributed by atoms with Gasteiger partial charge in [-0.25, -0.2) is 0 Å². The van der Waals surface area contributed by atoms with Gasteiger partial charge < -0.3 is 13.5 Å². The minimum absolute atomic E-state index is 1.15. The van der Waals surface area contributed by atoms with Gasteiger partial charge in [0.25, 0.3) is 0 Å². The average molecular weight is 800 g/mol. The molecule has 63 heavy (non-hydrogen) atoms. The first-order valence-electron chi connectivity index (χ1n) is 21.8. The van der Waals surface area contributed by atoms with E-state index in [0.717, 1.165) is 5.69 Å². The lowest BCUT2D eigenvalue weighted by atomic mass is 9.98. The second-order valence-corrected chi connectivity index (χ2v) is 16.9. The van der Waals surface area contributed by atoms with Gasteiger partial charge >= 0.3 is 0 Å². The highest BCUT2D eigenvalue weighted by atomic mass is 15.0. The molecule has 14 aromatic rings. The molecule has 4 heterocycles. The SMILES string of the molecule is c1ccc(-n2c3ccccc3c3ccc(-c4ccc(-c5ccc6c7ccccc7n(-c7ccc(-c8cc9c%10ccccc%10n%10c%11ccccc%11c(c8)c9%10)cc7)c6c5)cc4)cc32)cc1. The highest BCUT2D eigenvalue weighted by Gasteiger charge is 2.20. The molecule has 0 atom stereocenters. The van der Waals surface area contributed by atoms with E-state index < -0.39 is 0 Å². The molecule has 3 nitrogen and oxygen atoms in total. The molecule has 292 valence electrons. The molecule has 0 saturated heterocycles. The minimum atomic E-state index is 1.15. The largest absolute Gasteiger partial charge is 0.309 e. The predicted molar refractivity (Wildman–Crippen MR) is 266 cm³/mol. The summed E-state index contributed by atoms with van der Waals surface area (Å²) in [6, 6.07) is 82.6. The van der Waals surface area contributed by atoms with E-state index in [4.69, 9.17) is 0 Å². The molecule has 0 saturated carbocycles. The first-order chi connectivity index (χ1) is 31.2. The van der Waals surface area contributed by atoms with Gasteiger partial charge in [-0.05, 0) is 106 Å². The van der Waals surface area contributed by atoms with E-state index in [-0.39, 0.29) is 0 Å². The predicted octanol–water partition coefficient (Wildman–Crippen LogP) is 16.0. The van der Waals surface area contributed by atoms with Gasteiger partial charge in [-0.15, -0.1) is 0 Å². The van der Waals surface area contributed by atoms with Gasteiger partial charge in [0.2, 0.25) is 0 Å². The Balaban J connectivity index is 0.852. The summed E-state index contributed by atoms with van der Waals surface area (Å²) in [4.78, 5) is 0. The number of fused-ring (bicyclic) bond motifs is 12. The zero-order valence-electron chi connectivity index (χ0n) is 34.2. The Labute approximate surface area is 362 Å². The molecule has 0 aliphatic rings. The van der Waals surface area contributed by atoms with E-state index in [0.29, 0.717) is 0 Å². The van der Waals surface area contributed by atoms with Crippen molar-refractivity contribution in [1.29, 1.82) is 0 Å². The molecule has 3 heteroatoms. The van der Waals surface area contributed by atoms with Gasteiger partial charge in [-0.1, -0.05) is 152 Å². The van der Waals surface area contributed by atoms with Gasteiger partial charge in [0.05, 0.1) is 38.6 Å². The number of aromatic nitrogens is 3. The molecule has 4 aromatic heterocycles. The van der Waals surface area contributed by atoms with Crippen molar-refractivity contribution in [3.05, 3.63) is 224 Å². The number of nitrogens with zero attached hydrogens (tertiary/aromatic N) is 3. The molecule has 14 rings (SSSR count). The molecule has 0 amide bonds. The molecular formula is C60H37N3. The summed E-state index contributed by atoms with van der Waals surface area (Å²) in [6.45, 7) is 0. The van der Waals surface area contributed by atoms with Gasteiger partial charge in [0, 0.05) is 54.5 Å². The highest BCUT2D eigenvalue weighted by molar-refractivity contribution is 6.24. The molecule has 0 bridgehead atoms. The molecular weight excluding hydrogens is 763 g/mol. The normalized spacial score (nSPS) is 12.1. The van der Waals surface area contributed by atoms with Crippen molar-refractivity contribution in [3.63, 3.8) is 0 Å². The highest BCUT2D eigenvalue weighted by Crippen LogP contribution is 2.43. The quantitative estimate of drug-likeness (QED) is 0.165. The van der Waals surface area contributed by atoms with E-state index in [1.54, 1.807) is 0 Å². The van der Waals surface area contributed by atoms with Crippen LogP contribution in [0.5, 0.6) is 0 Å². The third-order valence-electron chi connectivity index (χ3n) is 13.6. The van der Waals surface area contributed by atoms with Crippen LogP contribution in [-0.4, -0.2) is 13.5 Å². The van der Waals surface area contributed by atoms with Crippen LogP contribution < -0.4 is 0 Å². The van der Waals surface area contributed by atoms with Crippen LogP contribution in [0.15, 0.2) is 224 Å². The Morgan fingerprint density at radius 1 is 0.206 bits per heavy atom. The maximum atomic E-state index is 2.44. The van der Waals surface area contributed by atoms with Crippen LogP contribution in [0.25, 0.3) is 126 Å². The Bertz CT molecular complexity index is 4020. The van der Waals surface area contributed by atoms with Crippen LogP contribution in [0.3, 0.4) is 0 Å². The third-order valence-corrected chi connectivity index (χ3v) is 13.6. The Hall–Kier alpha value is -8.40. The van der Waals surface area contributed by atoms with Crippen molar-refractivity contribution in [3.8, 4) is 44.8 Å². The summed E-state index contributed by atoms with van der Waals surface area (Å²) in [7, 11) is 0. The van der Waals surface area contributed by atoms with Crippen LogP contribution in [-0.2, 0) is 0 Å². The second kappa shape index (κ2) is 13.1. The summed E-state index contributed by atoms with van der Waals surface area (Å²) in [6.07, 6.45) is 0. The number of hydrogen-bond donors (Lipinski definition) is 0. The van der Waals surface area contributed by atoms with E-state index >= 15 is 0 Å². The first-order valence-corrected chi connectivity index (χ1v) is 21.8. The van der Waals surface area contributed by atoms with E-state index in [1.807, 2.05) is 0 Å². The summed E-state index contributed by atoms with van der Waals surface area (Å²) in [5.74, 6) is 0. The smallest absolute Gasteiger partial charge is 0.0620 e. The molecule has 0 aliphatic carbocycles. The van der Waals surface area contributed by atoms with Crippen molar-refractivity contribution < 1.29 is 0 Å². The van der Waals surface area contributed by atoms with Gasteiger partial charge in [0.1, 0.15) is 0 Å². The van der Waals surface area contributed by atoms with E-state index in [1.165, 1.54) is 121 Å². The first kappa shape index (κ1) is 34.3. The van der Waals surface area contributed by atoms with Crippen LogP contribution >= 0.6 is 0 Å². The lowest BCUT2D eigenvalue weighted by molar-refractivity contribution is 1.18. The monoisotopic (exact) mass is 799 g/mol. The molecule has 0 unspecified atom stereocenters. The Kier molecular flexibility index (Phi) is 7.11. The fourth-order valence-electron chi connectivity index (χ4n) is 10.7. The molecule has 0 radical (unpaired) electrons. The van der Waals surface area contributed by atoms with Crippen LogP contribution in [0.2, 0.25) is 0 Å². The van der Waals surface area contributed by atoms with Crippen molar-refractivity contribution in [2.24, 2.45) is 0 Å². The molecule has 0 aliphatic heterocycles. The summed E-state index contributed by atoms with van der Waals surface area (Å²) in [5.41, 5.74) is 18.2. The third kappa shape index (κ3) is 4.96. The minimum Gasteiger partial charge on any atom is -0.309 e. The van der Waals surface area contributed by atoms with Crippen molar-refractivity contribution >= 4 is 81.7 Å². The second-order valence-electron chi connectivity index (χ2n) is 16.9. The number of rotatable bonds is 5. The van der Waals surface area contributed by atoms with Crippen molar-refractivity contribution in [1.82, 2.24) is 13.5 Å². The van der Waals surface area contributed by atoms with Crippen molar-refractivity contribution in [2.75, 3.05) is 0 Å². The summed E-state index contributed by atoms with van der Waals surface area (Å²) in [5, 5.41) is 10.2. The van der Waals surface area contributed by atoms with Crippen LogP contribution in [0.1, 0.15) is 0 Å². The fourth-order valence-corrected chi connectivity index (χ4v) is 10.7. The topological polar surface area (TPSA) is 14.3 Å². The Morgan fingerprint density at radius 2 is 0.556 bits per heavy atom. The number of benzene rings is 10. The maximum Gasteiger partial charge on any atom is 0.0620 e. The molecule has 0 fully saturated rings. The molecule has 10 aromatic carbocycles. The summed E-state index contributed by atoms with van der Waals surface area (Å²) >= 11 is 0. The lowest BCUT2D eigenvalue weighted by Gasteiger charge is -2.11. The van der Waals surface area contributed by atoms with Crippen LogP contribution in [0.4, 0.5) is 0 Å². The zero-order valence-corrected chi connectivity index (χ0v) is 34.2. The summed E-state index contributed by atoms with van der Waals surface area (Å²) < 4.78 is 7.26. The number of para-hydroxylation sites is 5. The maximum absolute atomic E-state index is 2.44. The lowest BCUT2D eigenvalue weighted by Crippen LogP contribution is -1.94.